The molecule has 1 heterocycles. The number of nitrogens with zero attached hydrogens (tertiary/aromatic N) is 1. The summed E-state index contributed by atoms with van der Waals surface area (Å²) in [7, 11) is 0. The Labute approximate surface area is 174 Å². The molecule has 0 saturated carbocycles. The van der Waals surface area contributed by atoms with E-state index in [1.165, 1.54) is 0 Å². The van der Waals surface area contributed by atoms with Gasteiger partial charge in [-0.2, -0.15) is 0 Å². The monoisotopic (exact) mass is 413 g/mol. The predicted octanol–water partition coefficient (Wildman–Crippen LogP) is 4.98. The van der Waals surface area contributed by atoms with Gasteiger partial charge in [-0.3, -0.25) is 9.59 Å². The van der Waals surface area contributed by atoms with Crippen molar-refractivity contribution in [3.05, 3.63) is 62.8 Å². The molecule has 29 heavy (non-hydrogen) atoms. The molecule has 0 aliphatic heterocycles. The van der Waals surface area contributed by atoms with Crippen molar-refractivity contribution in [3.8, 4) is 17.1 Å². The van der Waals surface area contributed by atoms with Gasteiger partial charge in [-0.25, -0.2) is 0 Å². The first-order chi connectivity index (χ1) is 13.8. The second-order valence-electron chi connectivity index (χ2n) is 6.91. The number of carbonyl (C=O) groups is 1. The van der Waals surface area contributed by atoms with E-state index in [-0.39, 0.29) is 23.7 Å². The molecule has 6 heteroatoms. The molecule has 0 bridgehead atoms. The van der Waals surface area contributed by atoms with Crippen LogP contribution in [0.3, 0.4) is 0 Å². The number of carbonyl (C=O) groups excluding carboxylic acids is 1. The molecule has 3 rings (SSSR count). The Morgan fingerprint density at radius 1 is 1.10 bits per heavy atom. The number of fused-ring (bicyclic) bond motifs is 1. The molecule has 0 aliphatic rings. The van der Waals surface area contributed by atoms with Crippen molar-refractivity contribution in [2.45, 2.75) is 27.7 Å². The van der Waals surface area contributed by atoms with E-state index >= 15 is 0 Å². The van der Waals surface area contributed by atoms with Crippen LogP contribution in [0.1, 0.15) is 25.0 Å². The van der Waals surface area contributed by atoms with E-state index < -0.39 is 0 Å². The van der Waals surface area contributed by atoms with Crippen LogP contribution in [-0.4, -0.2) is 30.5 Å². The standard InChI is InChI=1S/C23H24ClNO4/c1-5-25(6-2)20(26)13-28-23-21(27)17-12-18(24)15(4)11-19(17)29-22(23)16-9-7-14(3)8-10-16/h7-12H,5-6,13H2,1-4H3. The number of hydrogen-bond acceptors (Lipinski definition) is 4. The van der Waals surface area contributed by atoms with Gasteiger partial charge < -0.3 is 14.1 Å². The summed E-state index contributed by atoms with van der Waals surface area (Å²) in [6, 6.07) is 10.9. The lowest BCUT2D eigenvalue weighted by Crippen LogP contribution is -2.35. The lowest BCUT2D eigenvalue weighted by molar-refractivity contribution is -0.132. The highest BCUT2D eigenvalue weighted by molar-refractivity contribution is 6.32. The smallest absolute Gasteiger partial charge is 0.260 e. The molecule has 0 aliphatic carbocycles. The SMILES string of the molecule is CCN(CC)C(=O)COc1c(-c2ccc(C)cc2)oc2cc(C)c(Cl)cc2c1=O. The van der Waals surface area contributed by atoms with Crippen LogP contribution in [-0.2, 0) is 4.79 Å². The summed E-state index contributed by atoms with van der Waals surface area (Å²) >= 11 is 6.21. The molecule has 1 aromatic heterocycles. The molecule has 0 radical (unpaired) electrons. The van der Waals surface area contributed by atoms with Crippen LogP contribution in [0.5, 0.6) is 5.75 Å². The minimum Gasteiger partial charge on any atom is -0.476 e. The Morgan fingerprint density at radius 2 is 1.76 bits per heavy atom. The van der Waals surface area contributed by atoms with E-state index in [0.717, 1.165) is 11.1 Å². The van der Waals surface area contributed by atoms with Crippen LogP contribution in [0.4, 0.5) is 0 Å². The van der Waals surface area contributed by atoms with Gasteiger partial charge in [0.05, 0.1) is 5.39 Å². The average molecular weight is 414 g/mol. The van der Waals surface area contributed by atoms with Gasteiger partial charge in [-0.05, 0) is 45.4 Å². The Hall–Kier alpha value is -2.79. The zero-order valence-corrected chi connectivity index (χ0v) is 17.8. The van der Waals surface area contributed by atoms with Gasteiger partial charge in [-0.15, -0.1) is 0 Å². The van der Waals surface area contributed by atoms with Gasteiger partial charge in [0.15, 0.2) is 12.4 Å². The van der Waals surface area contributed by atoms with Crippen molar-refractivity contribution in [1.82, 2.24) is 4.90 Å². The van der Waals surface area contributed by atoms with Crippen LogP contribution in [0.15, 0.2) is 45.6 Å². The maximum absolute atomic E-state index is 13.2. The molecule has 3 aromatic rings. The highest BCUT2D eigenvalue weighted by atomic mass is 35.5. The van der Waals surface area contributed by atoms with Gasteiger partial charge >= 0.3 is 0 Å². The molecular weight excluding hydrogens is 390 g/mol. The summed E-state index contributed by atoms with van der Waals surface area (Å²) in [5, 5.41) is 0.791. The van der Waals surface area contributed by atoms with E-state index in [1.807, 2.05) is 52.0 Å². The summed E-state index contributed by atoms with van der Waals surface area (Å²) in [5.74, 6) is 0.129. The molecule has 2 aromatic carbocycles. The maximum Gasteiger partial charge on any atom is 0.260 e. The summed E-state index contributed by atoms with van der Waals surface area (Å²) < 4.78 is 11.8. The minimum atomic E-state index is -0.351. The zero-order valence-electron chi connectivity index (χ0n) is 17.0. The quantitative estimate of drug-likeness (QED) is 0.572. The Kier molecular flexibility index (Phi) is 6.28. The molecule has 0 atom stereocenters. The largest absolute Gasteiger partial charge is 0.476 e. The summed E-state index contributed by atoms with van der Waals surface area (Å²) in [6.07, 6.45) is 0. The second-order valence-corrected chi connectivity index (χ2v) is 7.31. The van der Waals surface area contributed by atoms with E-state index in [0.29, 0.717) is 40.4 Å². The van der Waals surface area contributed by atoms with Crippen LogP contribution in [0.25, 0.3) is 22.3 Å². The number of rotatable bonds is 6. The molecule has 5 nitrogen and oxygen atoms in total. The summed E-state index contributed by atoms with van der Waals surface area (Å²) in [6.45, 7) is 8.53. The topological polar surface area (TPSA) is 59.8 Å². The number of ether oxygens (including phenoxy) is 1. The summed E-state index contributed by atoms with van der Waals surface area (Å²) in [4.78, 5) is 27.2. The Morgan fingerprint density at radius 3 is 2.38 bits per heavy atom. The van der Waals surface area contributed by atoms with Gasteiger partial charge in [0.25, 0.3) is 5.91 Å². The van der Waals surface area contributed by atoms with Gasteiger partial charge in [0, 0.05) is 23.7 Å². The fraction of sp³-hybridized carbons (Fsp3) is 0.304. The second kappa shape index (κ2) is 8.70. The highest BCUT2D eigenvalue weighted by Gasteiger charge is 2.20. The molecule has 1 amide bonds. The molecule has 0 N–H and O–H groups in total. The number of hydrogen-bond donors (Lipinski definition) is 0. The fourth-order valence-corrected chi connectivity index (χ4v) is 3.29. The van der Waals surface area contributed by atoms with Gasteiger partial charge in [0.2, 0.25) is 11.2 Å². The third kappa shape index (κ3) is 4.30. The van der Waals surface area contributed by atoms with Crippen molar-refractivity contribution in [3.63, 3.8) is 0 Å². The van der Waals surface area contributed by atoms with Crippen LogP contribution < -0.4 is 10.2 Å². The first kappa shape index (κ1) is 20.9. The van der Waals surface area contributed by atoms with Crippen molar-refractivity contribution in [2.75, 3.05) is 19.7 Å². The predicted molar refractivity (Wildman–Crippen MR) is 116 cm³/mol. The Balaban J connectivity index is 2.14. The van der Waals surface area contributed by atoms with E-state index in [2.05, 4.69) is 0 Å². The van der Waals surface area contributed by atoms with Crippen molar-refractivity contribution >= 4 is 28.5 Å². The minimum absolute atomic E-state index is 0.0155. The van der Waals surface area contributed by atoms with Gasteiger partial charge in [-0.1, -0.05) is 41.4 Å². The van der Waals surface area contributed by atoms with E-state index in [4.69, 9.17) is 20.8 Å². The summed E-state index contributed by atoms with van der Waals surface area (Å²) in [5.41, 5.74) is 2.67. The number of halogens is 1. The zero-order chi connectivity index (χ0) is 21.1. The average Bonchev–Trinajstić information content (AvgIpc) is 2.70. The number of likely N-dealkylation sites (N-methyl/N-ethyl adjacent to an activating group) is 1. The lowest BCUT2D eigenvalue weighted by atomic mass is 10.1. The molecule has 0 spiro atoms. The normalized spacial score (nSPS) is 10.9. The molecule has 152 valence electrons. The molecule has 0 unspecified atom stereocenters. The molecule has 0 fully saturated rings. The number of amides is 1. The number of benzene rings is 2. The van der Waals surface area contributed by atoms with E-state index in [1.54, 1.807) is 17.0 Å². The molecule has 0 saturated heterocycles. The van der Waals surface area contributed by atoms with Crippen molar-refractivity contribution in [2.24, 2.45) is 0 Å². The van der Waals surface area contributed by atoms with Gasteiger partial charge in [0.1, 0.15) is 5.58 Å². The van der Waals surface area contributed by atoms with Crippen LogP contribution in [0.2, 0.25) is 5.02 Å². The molecular formula is C23H24ClNO4. The van der Waals surface area contributed by atoms with Crippen LogP contribution in [0, 0.1) is 13.8 Å². The fourth-order valence-electron chi connectivity index (χ4n) is 3.13. The maximum atomic E-state index is 13.2. The van der Waals surface area contributed by atoms with Crippen molar-refractivity contribution in [1.29, 1.82) is 0 Å². The van der Waals surface area contributed by atoms with Crippen molar-refractivity contribution < 1.29 is 13.9 Å². The van der Waals surface area contributed by atoms with E-state index in [9.17, 15) is 9.59 Å². The lowest BCUT2D eigenvalue weighted by Gasteiger charge is -2.19. The van der Waals surface area contributed by atoms with Crippen LogP contribution >= 0.6 is 11.6 Å². The Bertz CT molecular complexity index is 1100. The third-order valence-corrected chi connectivity index (χ3v) is 5.31. The first-order valence-electron chi connectivity index (χ1n) is 9.60. The third-order valence-electron chi connectivity index (χ3n) is 4.90. The highest BCUT2D eigenvalue weighted by Crippen LogP contribution is 2.33. The number of aryl methyl sites for hydroxylation is 2. The first-order valence-corrected chi connectivity index (χ1v) is 9.98.